The summed E-state index contributed by atoms with van der Waals surface area (Å²) in [6.07, 6.45) is 3.90. The second kappa shape index (κ2) is 8.54. The Labute approximate surface area is 158 Å². The molecular formula is C22H19N3O2. The largest absolute Gasteiger partial charge is 0.341 e. The quantitative estimate of drug-likeness (QED) is 0.704. The molecule has 134 valence electrons. The molecule has 2 aromatic carbocycles. The van der Waals surface area contributed by atoms with Gasteiger partial charge in [-0.05, 0) is 60.7 Å². The van der Waals surface area contributed by atoms with E-state index in [2.05, 4.69) is 22.5 Å². The third-order valence-electron chi connectivity index (χ3n) is 3.81. The van der Waals surface area contributed by atoms with Crippen molar-refractivity contribution in [1.29, 1.82) is 0 Å². The summed E-state index contributed by atoms with van der Waals surface area (Å²) in [7, 11) is 0. The van der Waals surface area contributed by atoms with Gasteiger partial charge in [-0.2, -0.15) is 0 Å². The van der Waals surface area contributed by atoms with Crippen LogP contribution in [0.3, 0.4) is 0 Å². The molecule has 3 aromatic rings. The van der Waals surface area contributed by atoms with E-state index in [-0.39, 0.29) is 18.4 Å². The van der Waals surface area contributed by atoms with Crippen LogP contribution in [-0.4, -0.2) is 22.9 Å². The van der Waals surface area contributed by atoms with E-state index in [4.69, 9.17) is 0 Å². The number of aromatic nitrogens is 1. The molecule has 0 saturated carbocycles. The van der Waals surface area contributed by atoms with E-state index < -0.39 is 0 Å². The summed E-state index contributed by atoms with van der Waals surface area (Å²) < 4.78 is 1.98. The maximum atomic E-state index is 12.2. The number of amides is 2. The Morgan fingerprint density at radius 3 is 2.26 bits per heavy atom. The molecule has 0 spiro atoms. The molecule has 2 N–H and O–H groups in total. The van der Waals surface area contributed by atoms with E-state index in [1.807, 2.05) is 53.4 Å². The molecule has 0 aliphatic heterocycles. The van der Waals surface area contributed by atoms with Gasteiger partial charge >= 0.3 is 0 Å². The normalized spacial score (nSPS) is 9.81. The first-order valence-corrected chi connectivity index (χ1v) is 8.50. The average molecular weight is 357 g/mol. The van der Waals surface area contributed by atoms with Crippen molar-refractivity contribution < 1.29 is 9.59 Å². The molecular weight excluding hydrogens is 338 g/mol. The molecule has 5 nitrogen and oxygen atoms in total. The number of benzene rings is 2. The van der Waals surface area contributed by atoms with Gasteiger partial charge in [-0.1, -0.05) is 11.8 Å². The summed E-state index contributed by atoms with van der Waals surface area (Å²) in [5.41, 5.74) is 3.13. The van der Waals surface area contributed by atoms with Crippen molar-refractivity contribution in [2.75, 3.05) is 11.9 Å². The maximum Gasteiger partial charge on any atom is 0.252 e. The maximum absolute atomic E-state index is 12.2. The molecule has 2 amide bonds. The van der Waals surface area contributed by atoms with E-state index in [0.717, 1.165) is 16.9 Å². The minimum Gasteiger partial charge on any atom is -0.341 e. The molecule has 0 atom stereocenters. The fourth-order valence-corrected chi connectivity index (χ4v) is 2.50. The van der Waals surface area contributed by atoms with Gasteiger partial charge in [0.2, 0.25) is 5.91 Å². The lowest BCUT2D eigenvalue weighted by molar-refractivity contribution is -0.114. The Balaban J connectivity index is 1.52. The van der Waals surface area contributed by atoms with Gasteiger partial charge in [0, 0.05) is 41.8 Å². The molecule has 0 bridgehead atoms. The van der Waals surface area contributed by atoms with Crippen molar-refractivity contribution in [3.05, 3.63) is 84.2 Å². The SMILES string of the molecule is CC(=O)Nc1ccc(C#CCNC(=O)c2ccc(-n3cccc3)cc2)cc1. The van der Waals surface area contributed by atoms with Gasteiger partial charge in [-0.25, -0.2) is 0 Å². The molecule has 0 aliphatic carbocycles. The van der Waals surface area contributed by atoms with Crippen LogP contribution in [0.5, 0.6) is 0 Å². The van der Waals surface area contributed by atoms with Gasteiger partial charge in [0.1, 0.15) is 0 Å². The Morgan fingerprint density at radius 1 is 0.963 bits per heavy atom. The van der Waals surface area contributed by atoms with E-state index >= 15 is 0 Å². The molecule has 0 unspecified atom stereocenters. The lowest BCUT2D eigenvalue weighted by Gasteiger charge is -2.05. The minimum absolute atomic E-state index is 0.113. The topological polar surface area (TPSA) is 63.1 Å². The smallest absolute Gasteiger partial charge is 0.252 e. The highest BCUT2D eigenvalue weighted by Gasteiger charge is 2.04. The first-order chi connectivity index (χ1) is 13.1. The van der Waals surface area contributed by atoms with E-state index in [1.54, 1.807) is 24.3 Å². The van der Waals surface area contributed by atoms with Gasteiger partial charge < -0.3 is 15.2 Å². The summed E-state index contributed by atoms with van der Waals surface area (Å²) in [5, 5.41) is 5.48. The zero-order chi connectivity index (χ0) is 19.1. The highest BCUT2D eigenvalue weighted by atomic mass is 16.2. The highest BCUT2D eigenvalue weighted by molar-refractivity contribution is 5.94. The molecule has 1 aromatic heterocycles. The van der Waals surface area contributed by atoms with Crippen LogP contribution in [0.25, 0.3) is 5.69 Å². The second-order valence-electron chi connectivity index (χ2n) is 5.88. The van der Waals surface area contributed by atoms with E-state index in [9.17, 15) is 9.59 Å². The Kier molecular flexibility index (Phi) is 5.70. The van der Waals surface area contributed by atoms with Crippen LogP contribution in [0, 0.1) is 11.8 Å². The van der Waals surface area contributed by atoms with Crippen molar-refractivity contribution >= 4 is 17.5 Å². The van der Waals surface area contributed by atoms with E-state index in [0.29, 0.717) is 5.56 Å². The molecule has 0 aliphatic rings. The summed E-state index contributed by atoms with van der Waals surface area (Å²) in [6, 6.07) is 18.5. The fraction of sp³-hybridized carbons (Fsp3) is 0.0909. The van der Waals surface area contributed by atoms with Crippen molar-refractivity contribution in [2.24, 2.45) is 0 Å². The molecule has 5 heteroatoms. The summed E-state index contributed by atoms with van der Waals surface area (Å²) in [6.45, 7) is 1.72. The van der Waals surface area contributed by atoms with Crippen LogP contribution < -0.4 is 10.6 Å². The molecule has 3 rings (SSSR count). The number of nitrogens with zero attached hydrogens (tertiary/aromatic N) is 1. The lowest BCUT2D eigenvalue weighted by Crippen LogP contribution is -2.23. The van der Waals surface area contributed by atoms with Crippen LogP contribution in [0.1, 0.15) is 22.8 Å². The summed E-state index contributed by atoms with van der Waals surface area (Å²) >= 11 is 0. The Morgan fingerprint density at radius 2 is 1.63 bits per heavy atom. The van der Waals surface area contributed by atoms with Crippen molar-refractivity contribution in [3.8, 4) is 17.5 Å². The molecule has 0 radical (unpaired) electrons. The number of nitrogens with one attached hydrogen (secondary N) is 2. The van der Waals surface area contributed by atoms with Gasteiger partial charge in [0.05, 0.1) is 6.54 Å². The van der Waals surface area contributed by atoms with Gasteiger partial charge in [-0.3, -0.25) is 9.59 Å². The number of rotatable bonds is 4. The number of anilines is 1. The van der Waals surface area contributed by atoms with Gasteiger partial charge in [0.25, 0.3) is 5.91 Å². The summed E-state index contributed by atoms with van der Waals surface area (Å²) in [4.78, 5) is 23.2. The first kappa shape index (κ1) is 18.0. The van der Waals surface area contributed by atoms with Crippen molar-refractivity contribution in [3.63, 3.8) is 0 Å². The number of hydrogen-bond acceptors (Lipinski definition) is 2. The van der Waals surface area contributed by atoms with Gasteiger partial charge in [-0.15, -0.1) is 0 Å². The first-order valence-electron chi connectivity index (χ1n) is 8.50. The number of carbonyl (C=O) groups excluding carboxylic acids is 2. The highest BCUT2D eigenvalue weighted by Crippen LogP contribution is 2.10. The summed E-state index contributed by atoms with van der Waals surface area (Å²) in [5.74, 6) is 5.63. The Hall–Kier alpha value is -3.78. The van der Waals surface area contributed by atoms with Crippen LogP contribution >= 0.6 is 0 Å². The standard InChI is InChI=1S/C22H19N3O2/c1-17(26)24-20-10-6-18(7-11-20)5-4-14-23-22(27)19-8-12-21(13-9-19)25-15-2-3-16-25/h2-3,6-13,15-16H,14H2,1H3,(H,23,27)(H,24,26). The molecule has 0 saturated heterocycles. The monoisotopic (exact) mass is 357 g/mol. The van der Waals surface area contributed by atoms with Crippen molar-refractivity contribution in [2.45, 2.75) is 6.92 Å². The lowest BCUT2D eigenvalue weighted by atomic mass is 10.2. The second-order valence-corrected chi connectivity index (χ2v) is 5.88. The third-order valence-corrected chi connectivity index (χ3v) is 3.81. The predicted octanol–water partition coefficient (Wildman–Crippen LogP) is 3.22. The van der Waals surface area contributed by atoms with Crippen LogP contribution in [-0.2, 0) is 4.79 Å². The van der Waals surface area contributed by atoms with Crippen LogP contribution in [0.2, 0.25) is 0 Å². The fourth-order valence-electron chi connectivity index (χ4n) is 2.50. The molecule has 1 heterocycles. The third kappa shape index (κ3) is 5.10. The minimum atomic E-state index is -0.163. The van der Waals surface area contributed by atoms with Gasteiger partial charge in [0.15, 0.2) is 0 Å². The average Bonchev–Trinajstić information content (AvgIpc) is 3.21. The van der Waals surface area contributed by atoms with Crippen LogP contribution in [0.15, 0.2) is 73.1 Å². The molecule has 27 heavy (non-hydrogen) atoms. The zero-order valence-corrected chi connectivity index (χ0v) is 14.9. The van der Waals surface area contributed by atoms with Crippen molar-refractivity contribution in [1.82, 2.24) is 9.88 Å². The number of hydrogen-bond donors (Lipinski definition) is 2. The Bertz CT molecular complexity index is 977. The van der Waals surface area contributed by atoms with Crippen LogP contribution in [0.4, 0.5) is 5.69 Å². The predicted molar refractivity (Wildman–Crippen MR) is 106 cm³/mol. The zero-order valence-electron chi connectivity index (χ0n) is 14.9. The number of carbonyl (C=O) groups is 2. The van der Waals surface area contributed by atoms with E-state index in [1.165, 1.54) is 6.92 Å². The molecule has 0 fully saturated rings.